The van der Waals surface area contributed by atoms with Crippen LogP contribution in [0.15, 0.2) is 66.5 Å². The van der Waals surface area contributed by atoms with E-state index in [0.717, 1.165) is 49.7 Å². The van der Waals surface area contributed by atoms with Gasteiger partial charge in [0.25, 0.3) is 5.91 Å². The number of nitrogens with zero attached hydrogens (tertiary/aromatic N) is 2. The predicted molar refractivity (Wildman–Crippen MR) is 235 cm³/mol. The summed E-state index contributed by atoms with van der Waals surface area (Å²) < 4.78 is 61.4. The first-order chi connectivity index (χ1) is 30.6. The first-order valence-corrected chi connectivity index (χ1v) is 24.5. The van der Waals surface area contributed by atoms with Gasteiger partial charge >= 0.3 is 6.09 Å². The number of rotatable bonds is 9. The summed E-state index contributed by atoms with van der Waals surface area (Å²) in [5.74, 6) is -2.42. The molecule has 1 saturated heterocycles. The summed E-state index contributed by atoms with van der Waals surface area (Å²) in [6.45, 7) is 5.74. The molecule has 2 aromatic rings. The number of nitrogens with one attached hydrogen (secondary N) is 3. The molecule has 9 rings (SSSR count). The number of allylic oxidation sites excluding steroid dienone is 3. The summed E-state index contributed by atoms with van der Waals surface area (Å²) in [5, 5.41) is 5.75. The van der Waals surface area contributed by atoms with Gasteiger partial charge in [0.1, 0.15) is 41.8 Å². The Morgan fingerprint density at radius 2 is 1.77 bits per heavy atom. The minimum absolute atomic E-state index is 0.0117. The lowest BCUT2D eigenvalue weighted by Gasteiger charge is -2.30. The van der Waals surface area contributed by atoms with E-state index in [-0.39, 0.29) is 25.5 Å². The molecule has 4 amide bonds. The van der Waals surface area contributed by atoms with Crippen LogP contribution in [0, 0.1) is 5.92 Å². The van der Waals surface area contributed by atoms with Crippen molar-refractivity contribution >= 4 is 33.8 Å². The lowest BCUT2D eigenvalue weighted by Crippen LogP contribution is -2.58. The minimum Gasteiger partial charge on any atom is -0.484 e. The van der Waals surface area contributed by atoms with Crippen molar-refractivity contribution in [3.63, 3.8) is 0 Å². The number of ether oxygens (including phenoxy) is 3. The molecule has 4 aliphatic carbocycles. The van der Waals surface area contributed by atoms with Crippen LogP contribution in [-0.2, 0) is 29.1 Å². The number of hydrogen-bond acceptors (Lipinski definition) is 10. The molecule has 342 valence electrons. The zero-order chi connectivity index (χ0) is 45.0. The topological polar surface area (TPSA) is 182 Å². The van der Waals surface area contributed by atoms with Gasteiger partial charge in [-0.15, -0.1) is 0 Å². The van der Waals surface area contributed by atoms with Gasteiger partial charge in [0.05, 0.1) is 28.6 Å². The highest BCUT2D eigenvalue weighted by Crippen LogP contribution is 2.50. The van der Waals surface area contributed by atoms with Gasteiger partial charge in [0.15, 0.2) is 11.5 Å². The lowest BCUT2D eigenvalue weighted by atomic mass is 9.94. The molecule has 4 fully saturated rings. The zero-order valence-electron chi connectivity index (χ0n) is 36.6. The monoisotopic (exact) mass is 899 g/mol. The van der Waals surface area contributed by atoms with E-state index in [9.17, 15) is 32.0 Å². The molecule has 0 bridgehead atoms. The zero-order valence-corrected chi connectivity index (χ0v) is 37.5. The molecule has 0 radical (unpaired) electrons. The van der Waals surface area contributed by atoms with Gasteiger partial charge in [-0.3, -0.25) is 19.1 Å². The summed E-state index contributed by atoms with van der Waals surface area (Å²) in [5.41, 5.74) is 1.45. The molecule has 3 saturated carbocycles. The molecule has 64 heavy (non-hydrogen) atoms. The van der Waals surface area contributed by atoms with Crippen LogP contribution in [0.3, 0.4) is 0 Å². The molecule has 3 N–H and O–H groups in total. The number of carbonyl (C=O) groups excluding carboxylic acids is 4. The van der Waals surface area contributed by atoms with E-state index < -0.39 is 86.1 Å². The molecular weight excluding hydrogens is 842 g/mol. The fourth-order valence-corrected chi connectivity index (χ4v) is 11.0. The fourth-order valence-electron chi connectivity index (χ4n) is 9.72. The molecule has 7 atom stereocenters. The van der Waals surface area contributed by atoms with Crippen molar-refractivity contribution in [2.24, 2.45) is 5.92 Å². The van der Waals surface area contributed by atoms with Crippen LogP contribution in [0.25, 0.3) is 11.3 Å². The summed E-state index contributed by atoms with van der Waals surface area (Å²) in [4.78, 5) is 63.4. The van der Waals surface area contributed by atoms with Crippen molar-refractivity contribution in [2.45, 2.75) is 157 Å². The summed E-state index contributed by atoms with van der Waals surface area (Å²) >= 11 is 0. The Bertz CT molecular complexity index is 2390. The van der Waals surface area contributed by atoms with E-state index in [0.29, 0.717) is 60.9 Å². The number of pyridine rings is 1. The van der Waals surface area contributed by atoms with Gasteiger partial charge in [0, 0.05) is 24.0 Å². The molecule has 7 aliphatic rings. The Balaban J connectivity index is 1.04. The van der Waals surface area contributed by atoms with E-state index in [2.05, 4.69) is 29.2 Å². The number of fused-ring (bicyclic) bond motifs is 5. The van der Waals surface area contributed by atoms with Gasteiger partial charge in [-0.1, -0.05) is 63.1 Å². The van der Waals surface area contributed by atoms with Crippen LogP contribution in [0.4, 0.5) is 9.18 Å². The van der Waals surface area contributed by atoms with Gasteiger partial charge in [-0.05, 0) is 101 Å². The van der Waals surface area contributed by atoms with E-state index in [1.165, 1.54) is 17.1 Å². The third-order valence-corrected chi connectivity index (χ3v) is 16.3. The second-order valence-electron chi connectivity index (χ2n) is 19.2. The molecule has 3 aliphatic heterocycles. The van der Waals surface area contributed by atoms with Crippen molar-refractivity contribution in [3.8, 4) is 22.8 Å². The second-order valence-corrected chi connectivity index (χ2v) is 21.4. The quantitative estimate of drug-likeness (QED) is 0.224. The van der Waals surface area contributed by atoms with Crippen LogP contribution in [0.2, 0.25) is 0 Å². The maximum Gasteiger partial charge on any atom is 0.408 e. The summed E-state index contributed by atoms with van der Waals surface area (Å²) in [7, 11) is -4.03. The van der Waals surface area contributed by atoms with E-state index >= 15 is 0 Å². The molecule has 4 heterocycles. The van der Waals surface area contributed by atoms with Crippen molar-refractivity contribution in [1.82, 2.24) is 25.2 Å². The van der Waals surface area contributed by atoms with E-state index in [1.54, 1.807) is 19.1 Å². The molecule has 2 unspecified atom stereocenters. The van der Waals surface area contributed by atoms with Gasteiger partial charge in [0.2, 0.25) is 21.8 Å². The fraction of sp³-hybridized carbons (Fsp3) is 0.562. The Morgan fingerprint density at radius 3 is 2.50 bits per heavy atom. The van der Waals surface area contributed by atoms with Crippen LogP contribution >= 0.6 is 0 Å². The molecule has 1 aromatic heterocycles. The maximum atomic E-state index is 14.9. The SMILES string of the molecule is CC(C)c1ccc(-c2cc(O[C@@H]3C[C@H]4C(=O)N[C@]5(C(=O)NS(=O)(=O)C6(C)CC6)C[C@H]5/C=C\CCCCC[C@H](NC(=O)OC5CCCC5)C(=O)N4C3)c3c(n2)C2C=C(F)C=CC2O3)cc1. The predicted octanol–water partition coefficient (Wildman–Crippen LogP) is 6.92. The average molecular weight is 900 g/mol. The van der Waals surface area contributed by atoms with E-state index in [1.807, 2.05) is 36.4 Å². The minimum atomic E-state index is -4.03. The average Bonchev–Trinajstić information content (AvgIpc) is 3.93. The Morgan fingerprint density at radius 1 is 1.02 bits per heavy atom. The van der Waals surface area contributed by atoms with Crippen LogP contribution in [0.1, 0.15) is 127 Å². The molecule has 14 nitrogen and oxygen atoms in total. The summed E-state index contributed by atoms with van der Waals surface area (Å²) in [6, 6.07) is 7.58. The number of benzene rings is 1. The first-order valence-electron chi connectivity index (χ1n) is 23.0. The summed E-state index contributed by atoms with van der Waals surface area (Å²) in [6.07, 6.45) is 13.6. The van der Waals surface area contributed by atoms with Gasteiger partial charge in [-0.2, -0.15) is 0 Å². The Labute approximate surface area is 373 Å². The van der Waals surface area contributed by atoms with Crippen LogP contribution in [0.5, 0.6) is 11.5 Å². The van der Waals surface area contributed by atoms with Gasteiger partial charge < -0.3 is 29.7 Å². The van der Waals surface area contributed by atoms with Gasteiger partial charge in [-0.25, -0.2) is 22.6 Å². The standard InChI is InChI=1S/C48H58FN5O9S/c1-28(2)29-15-17-30(18-16-29)37-25-40(42-41(50-37)35-23-32(49)19-20-39(35)63-42)61-34-24-38-43(55)52-48(45(57)53-64(59,60)47(3)21-22-47)26-31(48)11-7-5-4-6-8-14-36(44(56)54(38)27-34)51-46(58)62-33-12-9-10-13-33/h7,11,15-20,23,25,28,31,33-36,38-39H,4-6,8-10,12-14,21-22,24,26-27H2,1-3H3,(H,51,58)(H,52,55)(H,53,57)/b11-7-/t31-,34-,35?,36+,38+,39?,48-/m1/s1. The first kappa shape index (κ1) is 44.0. The van der Waals surface area contributed by atoms with Crippen molar-refractivity contribution in [1.29, 1.82) is 0 Å². The third kappa shape index (κ3) is 8.78. The normalized spacial score (nSPS) is 30.3. The number of halogens is 1. The molecule has 1 aromatic carbocycles. The number of sulfonamides is 1. The number of carbonyl (C=O) groups is 4. The Kier molecular flexibility index (Phi) is 11.9. The third-order valence-electron chi connectivity index (χ3n) is 14.2. The lowest BCUT2D eigenvalue weighted by molar-refractivity contribution is -0.141. The smallest absolute Gasteiger partial charge is 0.408 e. The highest BCUT2D eigenvalue weighted by atomic mass is 32.2. The Hall–Kier alpha value is -5.25. The van der Waals surface area contributed by atoms with E-state index in [4.69, 9.17) is 19.2 Å². The molecular formula is C48H58FN5O9S. The number of alkyl carbamates (subject to hydrolysis) is 1. The number of aromatic nitrogens is 1. The number of hydrogen-bond donors (Lipinski definition) is 3. The largest absolute Gasteiger partial charge is 0.484 e. The molecule has 16 heteroatoms. The van der Waals surface area contributed by atoms with Crippen molar-refractivity contribution < 1.29 is 46.2 Å². The van der Waals surface area contributed by atoms with Crippen LogP contribution < -0.4 is 24.8 Å². The highest BCUT2D eigenvalue weighted by molar-refractivity contribution is 7.91. The maximum absolute atomic E-state index is 14.9. The molecule has 0 spiro atoms. The van der Waals surface area contributed by atoms with Crippen molar-refractivity contribution in [3.05, 3.63) is 77.8 Å². The number of amides is 4. The van der Waals surface area contributed by atoms with Crippen LogP contribution in [-0.4, -0.2) is 89.3 Å². The second kappa shape index (κ2) is 17.3. The van der Waals surface area contributed by atoms with Crippen molar-refractivity contribution in [2.75, 3.05) is 6.54 Å². The highest BCUT2D eigenvalue weighted by Gasteiger charge is 2.63.